The SMILES string of the molecule is CCC(C)C(NC(=O)C(CC(C)C)NC(=O)C(N)C(C)C)C(=O)NC(Cc1ccc(O)cc1)C(=O)O. The first-order valence-electron chi connectivity index (χ1n) is 12.4. The molecule has 5 unspecified atom stereocenters. The fourth-order valence-electron chi connectivity index (χ4n) is 3.56. The lowest BCUT2D eigenvalue weighted by atomic mass is 9.95. The zero-order valence-corrected chi connectivity index (χ0v) is 22.1. The average Bonchev–Trinajstić information content (AvgIpc) is 2.81. The van der Waals surface area contributed by atoms with Crippen LogP contribution in [0.3, 0.4) is 0 Å². The van der Waals surface area contributed by atoms with Crippen LogP contribution in [0.25, 0.3) is 0 Å². The molecule has 0 aromatic heterocycles. The number of phenolic OH excluding ortho intramolecular Hbond substituents is 1. The third-order valence-corrected chi connectivity index (χ3v) is 6.15. The summed E-state index contributed by atoms with van der Waals surface area (Å²) < 4.78 is 0. The summed E-state index contributed by atoms with van der Waals surface area (Å²) in [6.45, 7) is 11.1. The van der Waals surface area contributed by atoms with Crippen LogP contribution in [-0.4, -0.2) is 58.1 Å². The average molecular weight is 507 g/mol. The van der Waals surface area contributed by atoms with E-state index in [4.69, 9.17) is 5.73 Å². The highest BCUT2D eigenvalue weighted by atomic mass is 16.4. The molecule has 0 heterocycles. The van der Waals surface area contributed by atoms with Crippen molar-refractivity contribution in [1.29, 1.82) is 0 Å². The number of phenols is 1. The van der Waals surface area contributed by atoms with Gasteiger partial charge >= 0.3 is 5.97 Å². The summed E-state index contributed by atoms with van der Waals surface area (Å²) >= 11 is 0. The summed E-state index contributed by atoms with van der Waals surface area (Å²) in [4.78, 5) is 50.7. The Balaban J connectivity index is 3.05. The van der Waals surface area contributed by atoms with Crippen molar-refractivity contribution in [3.8, 4) is 5.75 Å². The molecule has 3 amide bonds. The summed E-state index contributed by atoms with van der Waals surface area (Å²) in [5.74, 6) is -3.12. The number of nitrogens with one attached hydrogen (secondary N) is 3. The van der Waals surface area contributed by atoms with Crippen LogP contribution in [0.15, 0.2) is 24.3 Å². The van der Waals surface area contributed by atoms with Crippen molar-refractivity contribution in [1.82, 2.24) is 16.0 Å². The van der Waals surface area contributed by atoms with Gasteiger partial charge in [0.25, 0.3) is 0 Å². The molecule has 10 nitrogen and oxygen atoms in total. The summed E-state index contributed by atoms with van der Waals surface area (Å²) in [5.41, 5.74) is 6.55. The summed E-state index contributed by atoms with van der Waals surface area (Å²) in [7, 11) is 0. The molecule has 1 rings (SSSR count). The lowest BCUT2D eigenvalue weighted by Crippen LogP contribution is -2.59. The van der Waals surface area contributed by atoms with E-state index in [9.17, 15) is 29.4 Å². The van der Waals surface area contributed by atoms with Gasteiger partial charge in [0.15, 0.2) is 0 Å². The number of aromatic hydroxyl groups is 1. The van der Waals surface area contributed by atoms with Crippen LogP contribution in [-0.2, 0) is 25.6 Å². The molecule has 1 aromatic carbocycles. The van der Waals surface area contributed by atoms with Crippen molar-refractivity contribution in [2.24, 2.45) is 23.5 Å². The van der Waals surface area contributed by atoms with E-state index in [0.717, 1.165) is 0 Å². The molecule has 7 N–H and O–H groups in total. The Labute approximate surface area is 213 Å². The molecule has 0 saturated carbocycles. The van der Waals surface area contributed by atoms with Crippen molar-refractivity contribution < 1.29 is 29.4 Å². The smallest absolute Gasteiger partial charge is 0.326 e. The first-order valence-corrected chi connectivity index (χ1v) is 12.4. The summed E-state index contributed by atoms with van der Waals surface area (Å²) in [5, 5.41) is 27.1. The van der Waals surface area contributed by atoms with Gasteiger partial charge in [0, 0.05) is 6.42 Å². The second-order valence-electron chi connectivity index (χ2n) is 10.1. The fourth-order valence-corrected chi connectivity index (χ4v) is 3.56. The van der Waals surface area contributed by atoms with Crippen molar-refractivity contribution in [3.63, 3.8) is 0 Å². The Bertz CT molecular complexity index is 887. The molecular weight excluding hydrogens is 464 g/mol. The Morgan fingerprint density at radius 1 is 0.861 bits per heavy atom. The molecule has 0 radical (unpaired) electrons. The van der Waals surface area contributed by atoms with Gasteiger partial charge in [-0.05, 0) is 41.9 Å². The van der Waals surface area contributed by atoms with Crippen LogP contribution >= 0.6 is 0 Å². The number of carbonyl (C=O) groups is 4. The van der Waals surface area contributed by atoms with Gasteiger partial charge in [0.05, 0.1) is 6.04 Å². The maximum absolute atomic E-state index is 13.2. The van der Waals surface area contributed by atoms with Crippen LogP contribution in [0, 0.1) is 17.8 Å². The minimum Gasteiger partial charge on any atom is -0.508 e. The van der Waals surface area contributed by atoms with Gasteiger partial charge in [-0.25, -0.2) is 4.79 Å². The van der Waals surface area contributed by atoms with Crippen molar-refractivity contribution >= 4 is 23.7 Å². The zero-order chi connectivity index (χ0) is 27.6. The number of hydrogen-bond acceptors (Lipinski definition) is 6. The number of carbonyl (C=O) groups excluding carboxylic acids is 3. The predicted octanol–water partition coefficient (Wildman–Crippen LogP) is 1.55. The van der Waals surface area contributed by atoms with E-state index in [1.165, 1.54) is 12.1 Å². The van der Waals surface area contributed by atoms with Crippen LogP contribution in [0.1, 0.15) is 59.9 Å². The minimum absolute atomic E-state index is 0.00164. The number of carboxylic acids is 1. The van der Waals surface area contributed by atoms with Crippen LogP contribution in [0.2, 0.25) is 0 Å². The molecule has 10 heteroatoms. The van der Waals surface area contributed by atoms with E-state index in [1.807, 2.05) is 34.6 Å². The Kier molecular flexibility index (Phi) is 12.4. The Morgan fingerprint density at radius 3 is 1.89 bits per heavy atom. The highest BCUT2D eigenvalue weighted by Gasteiger charge is 2.33. The standard InChI is InChI=1S/C26H42N4O6/c1-7-16(6)22(25(34)29-20(26(35)36)13-17-8-10-18(31)11-9-17)30-23(32)19(12-14(2)3)28-24(33)21(27)15(4)5/h8-11,14-16,19-22,31H,7,12-13,27H2,1-6H3,(H,28,33)(H,29,34)(H,30,32)(H,35,36). The minimum atomic E-state index is -1.24. The molecule has 202 valence electrons. The molecule has 0 fully saturated rings. The number of benzene rings is 1. The third kappa shape index (κ3) is 9.85. The fraction of sp³-hybridized carbons (Fsp3) is 0.615. The number of carboxylic acid groups (broad SMARTS) is 1. The van der Waals surface area contributed by atoms with Crippen LogP contribution in [0.5, 0.6) is 5.75 Å². The molecular formula is C26H42N4O6. The molecule has 36 heavy (non-hydrogen) atoms. The van der Waals surface area contributed by atoms with Gasteiger partial charge < -0.3 is 31.9 Å². The van der Waals surface area contributed by atoms with Crippen molar-refractivity contribution in [2.45, 2.75) is 85.0 Å². The first-order chi connectivity index (χ1) is 16.8. The first kappa shape index (κ1) is 30.9. The zero-order valence-electron chi connectivity index (χ0n) is 22.1. The second kappa shape index (κ2) is 14.4. The highest BCUT2D eigenvalue weighted by Crippen LogP contribution is 2.14. The molecule has 0 spiro atoms. The summed E-state index contributed by atoms with van der Waals surface area (Å²) in [6, 6.07) is 2.11. The monoisotopic (exact) mass is 506 g/mol. The molecule has 1 aromatic rings. The number of rotatable bonds is 14. The maximum atomic E-state index is 13.2. The number of hydrogen-bond donors (Lipinski definition) is 6. The van der Waals surface area contributed by atoms with Gasteiger partial charge in [-0.2, -0.15) is 0 Å². The number of amides is 3. The molecule has 0 saturated heterocycles. The van der Waals surface area contributed by atoms with Crippen LogP contribution < -0.4 is 21.7 Å². The van der Waals surface area contributed by atoms with E-state index in [1.54, 1.807) is 19.1 Å². The second-order valence-corrected chi connectivity index (χ2v) is 10.1. The van der Waals surface area contributed by atoms with Gasteiger partial charge in [-0.1, -0.05) is 60.1 Å². The highest BCUT2D eigenvalue weighted by molar-refractivity contribution is 5.94. The molecule has 0 aliphatic carbocycles. The molecule has 0 bridgehead atoms. The van der Waals surface area contributed by atoms with E-state index < -0.39 is 47.9 Å². The van der Waals surface area contributed by atoms with Crippen molar-refractivity contribution in [2.75, 3.05) is 0 Å². The summed E-state index contributed by atoms with van der Waals surface area (Å²) in [6.07, 6.45) is 0.894. The van der Waals surface area contributed by atoms with Gasteiger partial charge in [0.2, 0.25) is 17.7 Å². The van der Waals surface area contributed by atoms with E-state index in [0.29, 0.717) is 18.4 Å². The maximum Gasteiger partial charge on any atom is 0.326 e. The number of nitrogens with two attached hydrogens (primary N) is 1. The Morgan fingerprint density at radius 2 is 1.42 bits per heavy atom. The van der Waals surface area contributed by atoms with Gasteiger partial charge in [-0.15, -0.1) is 0 Å². The normalized spacial score (nSPS) is 15.5. The third-order valence-electron chi connectivity index (χ3n) is 6.15. The van der Waals surface area contributed by atoms with Crippen LogP contribution in [0.4, 0.5) is 0 Å². The lowest BCUT2D eigenvalue weighted by Gasteiger charge is -2.29. The molecule has 0 aliphatic rings. The lowest BCUT2D eigenvalue weighted by molar-refractivity contribution is -0.142. The quantitative estimate of drug-likeness (QED) is 0.222. The predicted molar refractivity (Wildman–Crippen MR) is 137 cm³/mol. The van der Waals surface area contributed by atoms with Crippen molar-refractivity contribution in [3.05, 3.63) is 29.8 Å². The largest absolute Gasteiger partial charge is 0.508 e. The molecule has 0 aliphatic heterocycles. The van der Waals surface area contributed by atoms with Gasteiger partial charge in [-0.3, -0.25) is 14.4 Å². The number of aliphatic carboxylic acids is 1. The van der Waals surface area contributed by atoms with E-state index >= 15 is 0 Å². The molecule has 5 atom stereocenters. The topological polar surface area (TPSA) is 171 Å². The van der Waals surface area contributed by atoms with E-state index in [-0.39, 0.29) is 29.9 Å². The van der Waals surface area contributed by atoms with E-state index in [2.05, 4.69) is 16.0 Å². The van der Waals surface area contributed by atoms with Gasteiger partial charge in [0.1, 0.15) is 23.9 Å². The Hall–Kier alpha value is -3.14.